The van der Waals surface area contributed by atoms with Crippen LogP contribution in [0.3, 0.4) is 0 Å². The highest BCUT2D eigenvalue weighted by Crippen LogP contribution is 2.15. The summed E-state index contributed by atoms with van der Waals surface area (Å²) in [6, 6.07) is 13.4. The van der Waals surface area contributed by atoms with Gasteiger partial charge in [-0.3, -0.25) is 9.78 Å². The summed E-state index contributed by atoms with van der Waals surface area (Å²) in [6.45, 7) is 0.622. The molecule has 0 saturated heterocycles. The van der Waals surface area contributed by atoms with E-state index >= 15 is 0 Å². The number of nitrogens with zero attached hydrogens (tertiary/aromatic N) is 1. The Balaban J connectivity index is 1.74. The van der Waals surface area contributed by atoms with Crippen molar-refractivity contribution in [3.05, 3.63) is 59.9 Å². The molecule has 0 N–H and O–H groups in total. The van der Waals surface area contributed by atoms with Crippen LogP contribution in [-0.4, -0.2) is 30.2 Å². The van der Waals surface area contributed by atoms with Gasteiger partial charge in [0.05, 0.1) is 6.61 Å². The summed E-state index contributed by atoms with van der Waals surface area (Å²) < 4.78 is 5.42. The minimum absolute atomic E-state index is 0.0127. The number of pyridine rings is 1. The molecule has 0 bridgehead atoms. The van der Waals surface area contributed by atoms with Crippen molar-refractivity contribution >= 4 is 17.5 Å². The predicted molar refractivity (Wildman–Crippen MR) is 81.3 cm³/mol. The fourth-order valence-corrected chi connectivity index (χ4v) is 2.16. The smallest absolute Gasteiger partial charge is 0.188 e. The molecule has 3 nitrogen and oxygen atoms in total. The second-order valence-corrected chi connectivity index (χ2v) is 5.15. The average molecular weight is 287 g/mol. The van der Waals surface area contributed by atoms with E-state index in [1.807, 2.05) is 48.7 Å². The normalized spacial score (nSPS) is 10.4. The Bertz CT molecular complexity index is 540. The van der Waals surface area contributed by atoms with Gasteiger partial charge in [-0.2, -0.15) is 0 Å². The van der Waals surface area contributed by atoms with Gasteiger partial charge in [0.15, 0.2) is 5.78 Å². The molecule has 1 heterocycles. The van der Waals surface area contributed by atoms with Gasteiger partial charge in [0.2, 0.25) is 0 Å². The molecule has 104 valence electrons. The van der Waals surface area contributed by atoms with Crippen LogP contribution in [0.25, 0.3) is 0 Å². The number of hydrogen-bond donors (Lipinski definition) is 0. The van der Waals surface area contributed by atoms with Crippen LogP contribution in [0, 0.1) is 0 Å². The Kier molecular flexibility index (Phi) is 5.77. The maximum atomic E-state index is 11.9. The minimum atomic E-state index is 0.0127. The van der Waals surface area contributed by atoms with E-state index in [4.69, 9.17) is 4.74 Å². The van der Waals surface area contributed by atoms with Crippen LogP contribution >= 0.6 is 11.8 Å². The molecule has 20 heavy (non-hydrogen) atoms. The maximum absolute atomic E-state index is 11.9. The van der Waals surface area contributed by atoms with Gasteiger partial charge in [-0.05, 0) is 30.5 Å². The summed E-state index contributed by atoms with van der Waals surface area (Å²) >= 11 is 1.66. The zero-order valence-corrected chi connectivity index (χ0v) is 12.2. The van der Waals surface area contributed by atoms with Crippen LogP contribution in [-0.2, 0) is 11.2 Å². The lowest BCUT2D eigenvalue weighted by molar-refractivity contribution is 0.0764. The van der Waals surface area contributed by atoms with Crippen LogP contribution in [0.2, 0.25) is 0 Å². The standard InChI is InChI=1S/C16H17NO2S/c1-20-15-7-5-13(6-8-15)16(18)12-19-11-9-14-4-2-3-10-17-14/h2-8,10H,9,11-12H2,1H3. The van der Waals surface area contributed by atoms with Crippen molar-refractivity contribution in [3.63, 3.8) is 0 Å². The van der Waals surface area contributed by atoms with Crippen molar-refractivity contribution < 1.29 is 9.53 Å². The monoisotopic (exact) mass is 287 g/mol. The third-order valence-electron chi connectivity index (χ3n) is 2.87. The summed E-state index contributed by atoms with van der Waals surface area (Å²) in [6.07, 6.45) is 4.49. The average Bonchev–Trinajstić information content (AvgIpc) is 2.52. The molecule has 0 unspecified atom stereocenters. The molecule has 1 aromatic carbocycles. The van der Waals surface area contributed by atoms with Gasteiger partial charge in [0, 0.05) is 28.8 Å². The van der Waals surface area contributed by atoms with Gasteiger partial charge in [0.1, 0.15) is 6.61 Å². The van der Waals surface area contributed by atoms with Crippen LogP contribution in [0.1, 0.15) is 16.1 Å². The van der Waals surface area contributed by atoms with E-state index in [0.717, 1.165) is 17.0 Å². The molecule has 0 saturated carbocycles. The van der Waals surface area contributed by atoms with Crippen LogP contribution in [0.4, 0.5) is 0 Å². The fraction of sp³-hybridized carbons (Fsp3) is 0.250. The quantitative estimate of drug-likeness (QED) is 0.445. The molecule has 0 amide bonds. The van der Waals surface area contributed by atoms with Gasteiger partial charge < -0.3 is 4.74 Å². The molecular formula is C16H17NO2S. The van der Waals surface area contributed by atoms with Crippen LogP contribution < -0.4 is 0 Å². The Labute approximate surface area is 123 Å². The highest BCUT2D eigenvalue weighted by molar-refractivity contribution is 7.98. The van der Waals surface area contributed by atoms with Gasteiger partial charge in [-0.15, -0.1) is 11.8 Å². The Morgan fingerprint density at radius 2 is 2.00 bits per heavy atom. The van der Waals surface area contributed by atoms with Gasteiger partial charge >= 0.3 is 0 Å². The number of aromatic nitrogens is 1. The number of thioether (sulfide) groups is 1. The Morgan fingerprint density at radius 3 is 2.65 bits per heavy atom. The highest BCUT2D eigenvalue weighted by Gasteiger charge is 2.05. The number of carbonyl (C=O) groups is 1. The topological polar surface area (TPSA) is 39.2 Å². The van der Waals surface area contributed by atoms with E-state index in [0.29, 0.717) is 12.2 Å². The number of rotatable bonds is 7. The molecule has 4 heteroatoms. The van der Waals surface area contributed by atoms with E-state index in [2.05, 4.69) is 4.98 Å². The van der Waals surface area contributed by atoms with Gasteiger partial charge in [-0.25, -0.2) is 0 Å². The van der Waals surface area contributed by atoms with Crippen molar-refractivity contribution in [1.82, 2.24) is 4.98 Å². The lowest BCUT2D eigenvalue weighted by Crippen LogP contribution is -2.11. The van der Waals surface area contributed by atoms with E-state index in [9.17, 15) is 4.79 Å². The summed E-state index contributed by atoms with van der Waals surface area (Å²) in [5.74, 6) is 0.0127. The first kappa shape index (κ1) is 14.8. The van der Waals surface area contributed by atoms with Crippen molar-refractivity contribution in [3.8, 4) is 0 Å². The molecule has 0 aliphatic carbocycles. The molecular weight excluding hydrogens is 270 g/mol. The molecule has 0 atom stereocenters. The lowest BCUT2D eigenvalue weighted by Gasteiger charge is -2.04. The Hall–Kier alpha value is -1.65. The molecule has 0 aliphatic heterocycles. The third kappa shape index (κ3) is 4.47. The van der Waals surface area contributed by atoms with Crippen molar-refractivity contribution in [1.29, 1.82) is 0 Å². The lowest BCUT2D eigenvalue weighted by atomic mass is 10.1. The molecule has 1 aromatic heterocycles. The summed E-state index contributed by atoms with van der Waals surface area (Å²) in [7, 11) is 0. The zero-order valence-electron chi connectivity index (χ0n) is 11.4. The van der Waals surface area contributed by atoms with E-state index < -0.39 is 0 Å². The van der Waals surface area contributed by atoms with Gasteiger partial charge in [0.25, 0.3) is 0 Å². The second-order valence-electron chi connectivity index (χ2n) is 4.28. The molecule has 0 spiro atoms. The first-order valence-corrected chi connectivity index (χ1v) is 7.67. The minimum Gasteiger partial charge on any atom is -0.373 e. The van der Waals surface area contributed by atoms with E-state index in [-0.39, 0.29) is 12.4 Å². The first-order chi connectivity index (χ1) is 9.79. The van der Waals surface area contributed by atoms with Crippen LogP contribution in [0.5, 0.6) is 0 Å². The first-order valence-electron chi connectivity index (χ1n) is 6.44. The van der Waals surface area contributed by atoms with Crippen molar-refractivity contribution in [2.24, 2.45) is 0 Å². The van der Waals surface area contributed by atoms with Crippen LogP contribution in [0.15, 0.2) is 53.6 Å². The largest absolute Gasteiger partial charge is 0.373 e. The third-order valence-corrected chi connectivity index (χ3v) is 3.62. The SMILES string of the molecule is CSc1ccc(C(=O)COCCc2ccccn2)cc1. The van der Waals surface area contributed by atoms with E-state index in [1.54, 1.807) is 18.0 Å². The highest BCUT2D eigenvalue weighted by atomic mass is 32.2. The summed E-state index contributed by atoms with van der Waals surface area (Å²) in [5.41, 5.74) is 1.67. The summed E-state index contributed by atoms with van der Waals surface area (Å²) in [4.78, 5) is 17.3. The molecule has 0 aliphatic rings. The zero-order chi connectivity index (χ0) is 14.2. The number of ether oxygens (including phenoxy) is 1. The predicted octanol–water partition coefficient (Wildman–Crippen LogP) is 3.25. The molecule has 2 aromatic rings. The van der Waals surface area contributed by atoms with E-state index in [1.165, 1.54) is 0 Å². The second kappa shape index (κ2) is 7.82. The van der Waals surface area contributed by atoms with Crippen molar-refractivity contribution in [2.45, 2.75) is 11.3 Å². The number of ketones is 1. The van der Waals surface area contributed by atoms with Gasteiger partial charge in [-0.1, -0.05) is 18.2 Å². The summed E-state index contributed by atoms with van der Waals surface area (Å²) in [5, 5.41) is 0. The Morgan fingerprint density at radius 1 is 1.20 bits per heavy atom. The number of Topliss-reactive ketones (excluding diaryl/α,β-unsaturated/α-hetero) is 1. The van der Waals surface area contributed by atoms with Crippen molar-refractivity contribution in [2.75, 3.05) is 19.5 Å². The number of benzene rings is 1. The maximum Gasteiger partial charge on any atom is 0.188 e. The number of carbonyl (C=O) groups excluding carboxylic acids is 1. The number of hydrogen-bond acceptors (Lipinski definition) is 4. The molecule has 2 rings (SSSR count). The molecule has 0 radical (unpaired) electrons. The molecule has 0 fully saturated rings. The fourth-order valence-electron chi connectivity index (χ4n) is 1.75.